The number of hydrogen-bond donors (Lipinski definition) is 0. The highest BCUT2D eigenvalue weighted by atomic mass is 79.9. The molecule has 1 aromatic heterocycles. The zero-order chi connectivity index (χ0) is 17.6. The molecule has 0 N–H and O–H groups in total. The first-order chi connectivity index (χ1) is 12.2. The first-order valence-corrected chi connectivity index (χ1v) is 10.2. The second-order valence-corrected chi connectivity index (χ2v) is 7.82. The van der Waals surface area contributed by atoms with Crippen molar-refractivity contribution in [2.45, 2.75) is 38.7 Å². The van der Waals surface area contributed by atoms with Gasteiger partial charge >= 0.3 is 0 Å². The van der Waals surface area contributed by atoms with Crippen LogP contribution in [0.25, 0.3) is 6.08 Å². The highest BCUT2D eigenvalue weighted by molar-refractivity contribution is 9.10. The van der Waals surface area contributed by atoms with Crippen LogP contribution in [-0.4, -0.2) is 18.5 Å². The summed E-state index contributed by atoms with van der Waals surface area (Å²) in [7, 11) is 0. The van der Waals surface area contributed by atoms with E-state index in [0.717, 1.165) is 34.4 Å². The summed E-state index contributed by atoms with van der Waals surface area (Å²) in [5.74, 6) is 1.53. The van der Waals surface area contributed by atoms with Gasteiger partial charge in [0.15, 0.2) is 17.3 Å². The summed E-state index contributed by atoms with van der Waals surface area (Å²) in [6.45, 7) is 2.54. The van der Waals surface area contributed by atoms with E-state index in [1.165, 1.54) is 24.2 Å². The van der Waals surface area contributed by atoms with Gasteiger partial charge in [-0.25, -0.2) is 0 Å². The third kappa shape index (κ3) is 4.95. The van der Waals surface area contributed by atoms with Crippen molar-refractivity contribution in [2.75, 3.05) is 6.61 Å². The molecule has 0 unspecified atom stereocenters. The molecule has 0 amide bonds. The van der Waals surface area contributed by atoms with Crippen molar-refractivity contribution >= 4 is 39.1 Å². The van der Waals surface area contributed by atoms with E-state index < -0.39 is 0 Å². The molecule has 3 nitrogen and oxygen atoms in total. The van der Waals surface area contributed by atoms with Gasteiger partial charge in [-0.1, -0.05) is 12.1 Å². The lowest BCUT2D eigenvalue weighted by molar-refractivity contribution is 0.105. The molecule has 3 rings (SSSR count). The van der Waals surface area contributed by atoms with Gasteiger partial charge in [-0.15, -0.1) is 11.3 Å². The molecule has 25 heavy (non-hydrogen) atoms. The van der Waals surface area contributed by atoms with Crippen LogP contribution in [0.1, 0.15) is 47.8 Å². The Morgan fingerprint density at radius 1 is 1.28 bits per heavy atom. The summed E-state index contributed by atoms with van der Waals surface area (Å²) in [6, 6.07) is 7.67. The van der Waals surface area contributed by atoms with Gasteiger partial charge in [0, 0.05) is 9.85 Å². The second kappa shape index (κ2) is 8.68. The number of hydrogen-bond acceptors (Lipinski definition) is 4. The van der Waals surface area contributed by atoms with Gasteiger partial charge in [-0.2, -0.15) is 0 Å². The minimum absolute atomic E-state index is 0.0000537. The van der Waals surface area contributed by atoms with Gasteiger partial charge in [0.1, 0.15) is 0 Å². The van der Waals surface area contributed by atoms with Crippen LogP contribution in [0.2, 0.25) is 0 Å². The quantitative estimate of drug-likeness (QED) is 0.399. The Morgan fingerprint density at radius 2 is 2.08 bits per heavy atom. The van der Waals surface area contributed by atoms with Crippen LogP contribution in [0.4, 0.5) is 0 Å². The van der Waals surface area contributed by atoms with Crippen LogP contribution >= 0.6 is 27.3 Å². The number of halogens is 1. The lowest BCUT2D eigenvalue weighted by Crippen LogP contribution is -2.11. The van der Waals surface area contributed by atoms with Crippen molar-refractivity contribution in [3.63, 3.8) is 0 Å². The summed E-state index contributed by atoms with van der Waals surface area (Å²) in [5.41, 5.74) is 0.922. The molecule has 5 heteroatoms. The largest absolute Gasteiger partial charge is 0.490 e. The Hall–Kier alpha value is -1.59. The van der Waals surface area contributed by atoms with Crippen LogP contribution in [0.5, 0.6) is 11.5 Å². The van der Waals surface area contributed by atoms with Crippen molar-refractivity contribution in [3.05, 3.63) is 50.6 Å². The zero-order valence-electron chi connectivity index (χ0n) is 14.2. The van der Waals surface area contributed by atoms with Gasteiger partial charge in [0.25, 0.3) is 0 Å². The van der Waals surface area contributed by atoms with E-state index in [4.69, 9.17) is 9.47 Å². The second-order valence-electron chi connectivity index (χ2n) is 5.99. The van der Waals surface area contributed by atoms with E-state index in [0.29, 0.717) is 17.6 Å². The maximum absolute atomic E-state index is 12.2. The number of ether oxygens (including phenoxy) is 2. The molecule has 1 aliphatic carbocycles. The number of carbonyl (C=O) groups excluding carboxylic acids is 1. The van der Waals surface area contributed by atoms with Gasteiger partial charge in [0.2, 0.25) is 0 Å². The Kier molecular flexibility index (Phi) is 6.32. The number of benzene rings is 1. The lowest BCUT2D eigenvalue weighted by Gasteiger charge is -2.17. The number of rotatable bonds is 7. The van der Waals surface area contributed by atoms with Crippen LogP contribution in [0.15, 0.2) is 40.2 Å². The number of ketones is 1. The molecule has 0 saturated heterocycles. The third-order valence-corrected chi connectivity index (χ3v) is 5.81. The summed E-state index contributed by atoms with van der Waals surface area (Å²) >= 11 is 4.80. The maximum Gasteiger partial charge on any atom is 0.195 e. The molecule has 1 aromatic carbocycles. The summed E-state index contributed by atoms with van der Waals surface area (Å²) in [4.78, 5) is 12.9. The zero-order valence-corrected chi connectivity index (χ0v) is 16.6. The first-order valence-electron chi connectivity index (χ1n) is 8.55. The van der Waals surface area contributed by atoms with Crippen LogP contribution in [-0.2, 0) is 0 Å². The summed E-state index contributed by atoms with van der Waals surface area (Å²) in [5, 5.41) is 1.91. The molecule has 1 saturated carbocycles. The Morgan fingerprint density at radius 3 is 2.76 bits per heavy atom. The van der Waals surface area contributed by atoms with Crippen LogP contribution in [0.3, 0.4) is 0 Å². The maximum atomic E-state index is 12.2. The van der Waals surface area contributed by atoms with Gasteiger partial charge in [-0.05, 0) is 78.4 Å². The van der Waals surface area contributed by atoms with Crippen LogP contribution < -0.4 is 9.47 Å². The number of thiophene rings is 1. The molecule has 1 heterocycles. The fourth-order valence-electron chi connectivity index (χ4n) is 2.88. The molecule has 0 atom stereocenters. The van der Waals surface area contributed by atoms with Crippen molar-refractivity contribution in [3.8, 4) is 11.5 Å². The summed E-state index contributed by atoms with van der Waals surface area (Å²) < 4.78 is 12.8. The normalized spacial score (nSPS) is 15.0. The minimum atomic E-state index is -0.0000537. The van der Waals surface area contributed by atoms with E-state index in [2.05, 4.69) is 15.9 Å². The summed E-state index contributed by atoms with van der Waals surface area (Å²) in [6.07, 6.45) is 8.39. The third-order valence-electron chi connectivity index (χ3n) is 4.10. The molecular weight excluding hydrogens is 400 g/mol. The average Bonchev–Trinajstić information content (AvgIpc) is 3.26. The fraction of sp³-hybridized carbons (Fsp3) is 0.350. The molecular formula is C20H21BrO3S. The smallest absolute Gasteiger partial charge is 0.195 e. The number of carbonyl (C=O) groups is 1. The Labute approximate surface area is 160 Å². The van der Waals surface area contributed by atoms with Crippen molar-refractivity contribution in [1.82, 2.24) is 0 Å². The molecule has 1 fully saturated rings. The fourth-order valence-corrected chi connectivity index (χ4v) is 4.22. The predicted octanol–water partition coefficient (Wildman–Crippen LogP) is 6.13. The van der Waals surface area contributed by atoms with Gasteiger partial charge in [-0.3, -0.25) is 4.79 Å². The predicted molar refractivity (Wildman–Crippen MR) is 106 cm³/mol. The lowest BCUT2D eigenvalue weighted by atomic mass is 10.1. The van der Waals surface area contributed by atoms with Gasteiger partial charge < -0.3 is 9.47 Å². The molecule has 0 spiro atoms. The van der Waals surface area contributed by atoms with E-state index in [-0.39, 0.29) is 5.78 Å². The molecule has 0 aliphatic heterocycles. The number of allylic oxidation sites excluding steroid dienone is 1. The van der Waals surface area contributed by atoms with Crippen molar-refractivity contribution in [1.29, 1.82) is 0 Å². The van der Waals surface area contributed by atoms with Crippen molar-refractivity contribution in [2.24, 2.45) is 0 Å². The van der Waals surface area contributed by atoms with E-state index >= 15 is 0 Å². The highest BCUT2D eigenvalue weighted by Gasteiger charge is 2.18. The topological polar surface area (TPSA) is 35.5 Å². The van der Waals surface area contributed by atoms with E-state index in [1.54, 1.807) is 6.08 Å². The molecule has 2 aromatic rings. The standard InChI is InChI=1S/C20H21BrO3S/c1-2-23-19-11-14(7-9-17(22)20-12-15(21)13-25-20)8-10-18(19)24-16-5-3-4-6-16/h7-13,16H,2-6H2,1H3/b9-7+. The highest BCUT2D eigenvalue weighted by Crippen LogP contribution is 2.33. The van der Waals surface area contributed by atoms with E-state index in [9.17, 15) is 4.79 Å². The average molecular weight is 421 g/mol. The molecule has 1 aliphatic rings. The van der Waals surface area contributed by atoms with Gasteiger partial charge in [0.05, 0.1) is 17.6 Å². The Bertz CT molecular complexity index is 760. The molecule has 132 valence electrons. The van der Waals surface area contributed by atoms with E-state index in [1.807, 2.05) is 42.6 Å². The minimum Gasteiger partial charge on any atom is -0.490 e. The first kappa shape index (κ1) is 18.2. The van der Waals surface area contributed by atoms with Crippen molar-refractivity contribution < 1.29 is 14.3 Å². The molecule has 0 radical (unpaired) electrons. The van der Waals surface area contributed by atoms with Crippen LogP contribution in [0, 0.1) is 0 Å². The Balaban J connectivity index is 1.73. The molecule has 0 bridgehead atoms. The monoisotopic (exact) mass is 420 g/mol. The SMILES string of the molecule is CCOc1cc(/C=C/C(=O)c2cc(Br)cs2)ccc1OC1CCCC1.